The number of nitriles is 1. The van der Waals surface area contributed by atoms with Gasteiger partial charge in [-0.05, 0) is 18.6 Å². The monoisotopic (exact) mass is 246 g/mol. The van der Waals surface area contributed by atoms with Crippen LogP contribution in [0, 0.1) is 11.3 Å². The lowest BCUT2D eigenvalue weighted by atomic mass is 10.2. The van der Waals surface area contributed by atoms with Crippen molar-refractivity contribution >= 4 is 11.9 Å². The number of likely N-dealkylation sites (tertiary alicyclic amines) is 1. The normalized spacial score (nSPS) is 18.2. The second kappa shape index (κ2) is 5.36. The van der Waals surface area contributed by atoms with E-state index in [2.05, 4.69) is 21.1 Å². The first-order chi connectivity index (χ1) is 8.74. The van der Waals surface area contributed by atoms with Crippen molar-refractivity contribution in [3.63, 3.8) is 0 Å². The predicted octanol–water partition coefficient (Wildman–Crippen LogP) is 1.21. The number of aromatic nitrogens is 1. The highest BCUT2D eigenvalue weighted by molar-refractivity contribution is 5.68. The van der Waals surface area contributed by atoms with E-state index < -0.39 is 0 Å². The Hall–Kier alpha value is -2.29. The summed E-state index contributed by atoms with van der Waals surface area (Å²) in [5.41, 5.74) is 0.508. The minimum Gasteiger partial charge on any atom is -0.453 e. The van der Waals surface area contributed by atoms with Crippen LogP contribution in [0.5, 0.6) is 0 Å². The third-order valence-electron chi connectivity index (χ3n) is 2.89. The smallest absolute Gasteiger partial charge is 0.409 e. The molecule has 1 aliphatic rings. The van der Waals surface area contributed by atoms with Crippen molar-refractivity contribution in [2.75, 3.05) is 25.5 Å². The van der Waals surface area contributed by atoms with Gasteiger partial charge in [-0.1, -0.05) is 0 Å². The molecule has 1 amide bonds. The number of hydrogen-bond donors (Lipinski definition) is 1. The van der Waals surface area contributed by atoms with Gasteiger partial charge >= 0.3 is 6.09 Å². The van der Waals surface area contributed by atoms with Crippen LogP contribution in [-0.2, 0) is 4.74 Å². The van der Waals surface area contributed by atoms with Gasteiger partial charge in [-0.3, -0.25) is 0 Å². The molecule has 1 N–H and O–H groups in total. The number of amides is 1. The van der Waals surface area contributed by atoms with E-state index in [1.807, 2.05) is 0 Å². The van der Waals surface area contributed by atoms with Gasteiger partial charge in [-0.25, -0.2) is 9.78 Å². The van der Waals surface area contributed by atoms with Crippen molar-refractivity contribution < 1.29 is 9.53 Å². The Morgan fingerprint density at radius 1 is 1.72 bits per heavy atom. The van der Waals surface area contributed by atoms with Gasteiger partial charge in [-0.2, -0.15) is 5.26 Å². The molecular weight excluding hydrogens is 232 g/mol. The lowest BCUT2D eigenvalue weighted by molar-refractivity contribution is 0.133. The summed E-state index contributed by atoms with van der Waals surface area (Å²) in [6.07, 6.45) is 2.13. The van der Waals surface area contributed by atoms with Crippen LogP contribution in [0.3, 0.4) is 0 Å². The molecule has 2 rings (SSSR count). The van der Waals surface area contributed by atoms with Crippen molar-refractivity contribution in [3.8, 4) is 6.07 Å². The van der Waals surface area contributed by atoms with Gasteiger partial charge in [0, 0.05) is 25.3 Å². The van der Waals surface area contributed by atoms with Crippen molar-refractivity contribution in [2.45, 2.75) is 12.5 Å². The second-order valence-electron chi connectivity index (χ2n) is 4.06. The lowest BCUT2D eigenvalue weighted by Crippen LogP contribution is -2.31. The Morgan fingerprint density at radius 3 is 3.28 bits per heavy atom. The molecule has 94 valence electrons. The van der Waals surface area contributed by atoms with E-state index in [9.17, 15) is 4.79 Å². The number of hydrogen-bond acceptors (Lipinski definition) is 5. The highest BCUT2D eigenvalue weighted by Gasteiger charge is 2.27. The molecule has 6 heteroatoms. The number of pyridine rings is 1. The number of anilines is 1. The molecule has 1 aliphatic heterocycles. The summed E-state index contributed by atoms with van der Waals surface area (Å²) in [4.78, 5) is 17.1. The van der Waals surface area contributed by atoms with E-state index in [-0.39, 0.29) is 12.1 Å². The van der Waals surface area contributed by atoms with E-state index in [1.54, 1.807) is 23.2 Å². The van der Waals surface area contributed by atoms with Crippen LogP contribution in [0.1, 0.15) is 12.0 Å². The summed E-state index contributed by atoms with van der Waals surface area (Å²) >= 11 is 0. The molecule has 18 heavy (non-hydrogen) atoms. The lowest BCUT2D eigenvalue weighted by Gasteiger charge is -2.16. The minimum absolute atomic E-state index is 0.103. The van der Waals surface area contributed by atoms with Crippen LogP contribution in [0.25, 0.3) is 0 Å². The summed E-state index contributed by atoms with van der Waals surface area (Å²) in [7, 11) is 1.37. The number of carbonyl (C=O) groups is 1. The fraction of sp³-hybridized carbons (Fsp3) is 0.417. The van der Waals surface area contributed by atoms with E-state index in [0.29, 0.717) is 24.5 Å². The Balaban J connectivity index is 2.00. The Morgan fingerprint density at radius 2 is 2.56 bits per heavy atom. The Kier molecular flexibility index (Phi) is 3.63. The minimum atomic E-state index is -0.319. The average Bonchev–Trinajstić information content (AvgIpc) is 2.87. The molecule has 2 heterocycles. The highest BCUT2D eigenvalue weighted by atomic mass is 16.5. The van der Waals surface area contributed by atoms with Gasteiger partial charge in [0.1, 0.15) is 11.9 Å². The van der Waals surface area contributed by atoms with E-state index >= 15 is 0 Å². The molecule has 0 radical (unpaired) electrons. The molecule has 0 aliphatic carbocycles. The number of methoxy groups -OCH3 is 1. The Bertz CT molecular complexity index is 483. The maximum absolute atomic E-state index is 11.3. The van der Waals surface area contributed by atoms with Crippen LogP contribution < -0.4 is 5.32 Å². The molecule has 0 spiro atoms. The van der Waals surface area contributed by atoms with E-state index in [0.717, 1.165) is 6.42 Å². The molecule has 6 nitrogen and oxygen atoms in total. The van der Waals surface area contributed by atoms with Gasteiger partial charge in [-0.15, -0.1) is 0 Å². The van der Waals surface area contributed by atoms with Crippen molar-refractivity contribution in [2.24, 2.45) is 0 Å². The van der Waals surface area contributed by atoms with Gasteiger partial charge in [0.15, 0.2) is 0 Å². The molecule has 1 atom stereocenters. The first-order valence-corrected chi connectivity index (χ1v) is 5.69. The zero-order valence-electron chi connectivity index (χ0n) is 10.1. The number of nitrogens with zero attached hydrogens (tertiary/aromatic N) is 3. The van der Waals surface area contributed by atoms with Crippen molar-refractivity contribution in [1.29, 1.82) is 5.26 Å². The second-order valence-corrected chi connectivity index (χ2v) is 4.06. The summed E-state index contributed by atoms with van der Waals surface area (Å²) in [6.45, 7) is 1.22. The fourth-order valence-corrected chi connectivity index (χ4v) is 1.98. The van der Waals surface area contributed by atoms with Crippen molar-refractivity contribution in [3.05, 3.63) is 23.9 Å². The van der Waals surface area contributed by atoms with Gasteiger partial charge in [0.05, 0.1) is 12.7 Å². The zero-order valence-corrected chi connectivity index (χ0v) is 10.1. The summed E-state index contributed by atoms with van der Waals surface area (Å²) in [5.74, 6) is 0.566. The fourth-order valence-electron chi connectivity index (χ4n) is 1.98. The number of nitrogens with one attached hydrogen (secondary N) is 1. The molecular formula is C12H14N4O2. The van der Waals surface area contributed by atoms with Gasteiger partial charge in [0.25, 0.3) is 0 Å². The molecule has 1 fully saturated rings. The zero-order chi connectivity index (χ0) is 13.0. The van der Waals surface area contributed by atoms with Crippen LogP contribution in [0.2, 0.25) is 0 Å². The molecule has 0 unspecified atom stereocenters. The van der Waals surface area contributed by atoms with Crippen LogP contribution in [0.4, 0.5) is 10.6 Å². The van der Waals surface area contributed by atoms with E-state index in [1.165, 1.54) is 7.11 Å². The number of rotatable bonds is 2. The van der Waals surface area contributed by atoms with Crippen LogP contribution in [0.15, 0.2) is 18.3 Å². The molecule has 1 aromatic rings. The summed E-state index contributed by atoms with van der Waals surface area (Å²) < 4.78 is 4.67. The first-order valence-electron chi connectivity index (χ1n) is 5.69. The summed E-state index contributed by atoms with van der Waals surface area (Å²) in [5, 5.41) is 12.1. The number of ether oxygens (including phenoxy) is 1. The first kappa shape index (κ1) is 12.2. The average molecular weight is 246 g/mol. The molecule has 1 saturated heterocycles. The molecule has 1 aromatic heterocycles. The maximum atomic E-state index is 11.3. The number of carbonyl (C=O) groups excluding carboxylic acids is 1. The Labute approximate surface area is 105 Å². The van der Waals surface area contributed by atoms with Crippen LogP contribution >= 0.6 is 0 Å². The van der Waals surface area contributed by atoms with Crippen LogP contribution in [-0.4, -0.2) is 42.2 Å². The largest absolute Gasteiger partial charge is 0.453 e. The van der Waals surface area contributed by atoms with Crippen molar-refractivity contribution in [1.82, 2.24) is 9.88 Å². The standard InChI is InChI=1S/C12H14N4O2/c1-18-12(17)16-6-4-10(8-16)15-11-9(7-13)3-2-5-14-11/h2-3,5,10H,4,6,8H2,1H3,(H,14,15)/t10-/m0/s1. The molecule has 0 aromatic carbocycles. The maximum Gasteiger partial charge on any atom is 0.409 e. The third-order valence-corrected chi connectivity index (χ3v) is 2.89. The van der Waals surface area contributed by atoms with Gasteiger partial charge in [0.2, 0.25) is 0 Å². The SMILES string of the molecule is COC(=O)N1CC[C@H](Nc2ncccc2C#N)C1. The third kappa shape index (κ3) is 2.51. The molecule has 0 saturated carbocycles. The van der Waals surface area contributed by atoms with E-state index in [4.69, 9.17) is 5.26 Å². The van der Waals surface area contributed by atoms with Gasteiger partial charge < -0.3 is 15.0 Å². The summed E-state index contributed by atoms with van der Waals surface area (Å²) in [6, 6.07) is 5.62. The molecule has 0 bridgehead atoms. The highest BCUT2D eigenvalue weighted by Crippen LogP contribution is 2.17. The predicted molar refractivity (Wildman–Crippen MR) is 65.0 cm³/mol. The topological polar surface area (TPSA) is 78.2 Å². The quantitative estimate of drug-likeness (QED) is 0.848.